The van der Waals surface area contributed by atoms with E-state index in [9.17, 15) is 0 Å². The van der Waals surface area contributed by atoms with Gasteiger partial charge in [-0.05, 0) is 29.1 Å². The third-order valence-corrected chi connectivity index (χ3v) is 2.41. The second-order valence-corrected chi connectivity index (χ2v) is 4.58. The second kappa shape index (κ2) is 3.00. The summed E-state index contributed by atoms with van der Waals surface area (Å²) in [6.45, 7) is 7.26. The molecule has 1 aliphatic heterocycles. The predicted molar refractivity (Wildman–Crippen MR) is 54.9 cm³/mol. The van der Waals surface area contributed by atoms with Crippen LogP contribution in [0.3, 0.4) is 0 Å². The van der Waals surface area contributed by atoms with Gasteiger partial charge in [-0.1, -0.05) is 20.8 Å². The lowest BCUT2D eigenvalue weighted by atomic mass is 9.88. The van der Waals surface area contributed by atoms with Crippen molar-refractivity contribution >= 4 is 0 Å². The van der Waals surface area contributed by atoms with Gasteiger partial charge in [0.2, 0.25) is 5.88 Å². The Balaban J connectivity index is 2.15. The first kappa shape index (κ1) is 9.03. The van der Waals surface area contributed by atoms with E-state index in [1.165, 1.54) is 0 Å². The molecule has 0 amide bonds. The number of hydrogen-bond donors (Lipinski definition) is 1. The van der Waals surface area contributed by atoms with Gasteiger partial charge in [0, 0.05) is 0 Å². The molecule has 2 nitrogen and oxygen atoms in total. The summed E-state index contributed by atoms with van der Waals surface area (Å²) in [4.78, 5) is 0. The lowest BCUT2D eigenvalue weighted by molar-refractivity contribution is 0.214. The standard InChI is InChI=1S/C12H13NO/c1-12(2,3)10-8-14-11(13-10)9-6-4-5-7-9/h10,13H,8H2,1-3H3/t10-/m0/s1. The number of hydrogen-bond acceptors (Lipinski definition) is 2. The largest absolute Gasteiger partial charge is 0.476 e. The van der Waals surface area contributed by atoms with Gasteiger partial charge in [-0.15, -0.1) is 0 Å². The Morgan fingerprint density at radius 3 is 2.43 bits per heavy atom. The van der Waals surface area contributed by atoms with Crippen LogP contribution in [0, 0.1) is 29.1 Å². The van der Waals surface area contributed by atoms with Gasteiger partial charge in [0.15, 0.2) is 0 Å². The first-order chi connectivity index (χ1) is 6.57. The van der Waals surface area contributed by atoms with Crippen molar-refractivity contribution in [3.8, 4) is 23.7 Å². The maximum Gasteiger partial charge on any atom is 0.212 e. The number of rotatable bonds is 0. The van der Waals surface area contributed by atoms with Crippen molar-refractivity contribution in [2.75, 3.05) is 6.61 Å². The van der Waals surface area contributed by atoms with Crippen LogP contribution in [0.2, 0.25) is 0 Å². The Kier molecular flexibility index (Phi) is 1.93. The van der Waals surface area contributed by atoms with Crippen LogP contribution in [0.4, 0.5) is 0 Å². The SMILES string of the molecule is CC(C)(C)[C@@H]1COC(=C2C#CC#C2)N1. The van der Waals surface area contributed by atoms with E-state index in [0.29, 0.717) is 12.6 Å². The molecule has 1 fully saturated rings. The van der Waals surface area contributed by atoms with Gasteiger partial charge in [-0.2, -0.15) is 0 Å². The highest BCUT2D eigenvalue weighted by Crippen LogP contribution is 2.25. The molecule has 14 heavy (non-hydrogen) atoms. The minimum Gasteiger partial charge on any atom is -0.476 e. The topological polar surface area (TPSA) is 21.3 Å². The number of allylic oxidation sites excluding steroid dienone is 1. The van der Waals surface area contributed by atoms with Crippen LogP contribution < -0.4 is 5.32 Å². The van der Waals surface area contributed by atoms with Crippen molar-refractivity contribution in [2.45, 2.75) is 26.8 Å². The molecule has 2 rings (SSSR count). The van der Waals surface area contributed by atoms with Crippen molar-refractivity contribution < 1.29 is 4.74 Å². The lowest BCUT2D eigenvalue weighted by Gasteiger charge is -2.24. The molecule has 2 heteroatoms. The first-order valence-electron chi connectivity index (χ1n) is 4.73. The Hall–Kier alpha value is -1.54. The van der Waals surface area contributed by atoms with Crippen LogP contribution in [0.5, 0.6) is 0 Å². The highest BCUT2D eigenvalue weighted by atomic mass is 16.5. The van der Waals surface area contributed by atoms with E-state index in [1.54, 1.807) is 0 Å². The summed E-state index contributed by atoms with van der Waals surface area (Å²) >= 11 is 0. The zero-order valence-electron chi connectivity index (χ0n) is 8.69. The third kappa shape index (κ3) is 1.56. The Morgan fingerprint density at radius 2 is 1.93 bits per heavy atom. The molecule has 1 N–H and O–H groups in total. The fourth-order valence-electron chi connectivity index (χ4n) is 1.35. The maximum absolute atomic E-state index is 5.54. The highest BCUT2D eigenvalue weighted by Gasteiger charge is 2.32. The Bertz CT molecular complexity index is 382. The molecule has 0 aromatic carbocycles. The summed E-state index contributed by atoms with van der Waals surface area (Å²) in [5, 5.41) is 3.33. The van der Waals surface area contributed by atoms with Crippen LogP contribution in [0.25, 0.3) is 0 Å². The zero-order chi connectivity index (χ0) is 10.2. The molecule has 0 spiro atoms. The normalized spacial score (nSPS) is 23.2. The van der Waals surface area contributed by atoms with E-state index < -0.39 is 0 Å². The highest BCUT2D eigenvalue weighted by molar-refractivity contribution is 5.57. The van der Waals surface area contributed by atoms with E-state index in [0.717, 1.165) is 11.5 Å². The molecule has 0 aromatic rings. The van der Waals surface area contributed by atoms with Crippen LogP contribution in [-0.2, 0) is 4.74 Å². The van der Waals surface area contributed by atoms with Crippen LogP contribution in [0.1, 0.15) is 20.8 Å². The van der Waals surface area contributed by atoms with Gasteiger partial charge in [0.25, 0.3) is 0 Å². The Morgan fingerprint density at radius 1 is 1.29 bits per heavy atom. The summed E-state index contributed by atoms with van der Waals surface area (Å²) in [6, 6.07) is 0.342. The van der Waals surface area contributed by atoms with Crippen LogP contribution in [0.15, 0.2) is 11.5 Å². The van der Waals surface area contributed by atoms with Gasteiger partial charge in [-0.3, -0.25) is 0 Å². The fraction of sp³-hybridized carbons (Fsp3) is 0.500. The lowest BCUT2D eigenvalue weighted by Crippen LogP contribution is -2.36. The molecule has 1 atom stereocenters. The van der Waals surface area contributed by atoms with E-state index in [-0.39, 0.29) is 5.41 Å². The van der Waals surface area contributed by atoms with Crippen molar-refractivity contribution in [3.63, 3.8) is 0 Å². The van der Waals surface area contributed by atoms with Crippen molar-refractivity contribution in [1.29, 1.82) is 0 Å². The van der Waals surface area contributed by atoms with E-state index >= 15 is 0 Å². The fourth-order valence-corrected chi connectivity index (χ4v) is 1.35. The van der Waals surface area contributed by atoms with Crippen molar-refractivity contribution in [2.24, 2.45) is 5.41 Å². The minimum atomic E-state index is 0.196. The molecule has 72 valence electrons. The van der Waals surface area contributed by atoms with Crippen molar-refractivity contribution in [3.05, 3.63) is 11.5 Å². The monoisotopic (exact) mass is 187 g/mol. The third-order valence-electron chi connectivity index (χ3n) is 2.41. The molecule has 1 saturated heterocycles. The minimum absolute atomic E-state index is 0.196. The maximum atomic E-state index is 5.54. The molecule has 0 unspecified atom stereocenters. The van der Waals surface area contributed by atoms with Crippen LogP contribution >= 0.6 is 0 Å². The molecule has 2 aliphatic rings. The molecule has 1 aliphatic carbocycles. The molecule has 0 radical (unpaired) electrons. The number of nitrogens with one attached hydrogen (secondary N) is 1. The number of ether oxygens (including phenoxy) is 1. The molecular formula is C12H13NO. The summed E-state index contributed by atoms with van der Waals surface area (Å²) in [5.74, 6) is 12.0. The summed E-state index contributed by atoms with van der Waals surface area (Å²) in [7, 11) is 0. The van der Waals surface area contributed by atoms with Crippen LogP contribution in [-0.4, -0.2) is 12.6 Å². The smallest absolute Gasteiger partial charge is 0.212 e. The molecule has 1 heterocycles. The van der Waals surface area contributed by atoms with E-state index in [4.69, 9.17) is 4.74 Å². The summed E-state index contributed by atoms with van der Waals surface area (Å²) < 4.78 is 5.54. The van der Waals surface area contributed by atoms with Gasteiger partial charge in [0.05, 0.1) is 6.04 Å². The van der Waals surface area contributed by atoms with E-state index in [2.05, 4.69) is 49.8 Å². The van der Waals surface area contributed by atoms with E-state index in [1.807, 2.05) is 0 Å². The molecule has 0 bridgehead atoms. The second-order valence-electron chi connectivity index (χ2n) is 4.58. The predicted octanol–water partition coefficient (Wildman–Crippen LogP) is 1.25. The van der Waals surface area contributed by atoms with Gasteiger partial charge in [0.1, 0.15) is 12.2 Å². The molecule has 0 aromatic heterocycles. The van der Waals surface area contributed by atoms with Gasteiger partial charge >= 0.3 is 0 Å². The molecule has 0 saturated carbocycles. The molecular weight excluding hydrogens is 174 g/mol. The van der Waals surface area contributed by atoms with Gasteiger partial charge < -0.3 is 10.1 Å². The van der Waals surface area contributed by atoms with Crippen molar-refractivity contribution in [1.82, 2.24) is 5.32 Å². The average molecular weight is 187 g/mol. The zero-order valence-corrected chi connectivity index (χ0v) is 8.69. The first-order valence-corrected chi connectivity index (χ1v) is 4.73. The Labute approximate surface area is 84.7 Å². The average Bonchev–Trinajstić information content (AvgIpc) is 2.73. The quantitative estimate of drug-likeness (QED) is 0.576. The van der Waals surface area contributed by atoms with Gasteiger partial charge in [-0.25, -0.2) is 0 Å². The summed E-state index contributed by atoms with van der Waals surface area (Å²) in [6.07, 6.45) is 0. The summed E-state index contributed by atoms with van der Waals surface area (Å²) in [5.41, 5.74) is 0.985.